The van der Waals surface area contributed by atoms with Gasteiger partial charge in [0, 0.05) is 42.7 Å². The highest BCUT2D eigenvalue weighted by molar-refractivity contribution is 5.85. The van der Waals surface area contributed by atoms with E-state index in [0.717, 1.165) is 11.1 Å². The number of nitrogens with one attached hydrogen (secondary N) is 2. The van der Waals surface area contributed by atoms with Gasteiger partial charge in [0.05, 0.1) is 13.2 Å². The molecule has 1 aromatic heterocycles. The molecular formula is C28H29N3O2. The maximum Gasteiger partial charge on any atom is 0.244 e. The fourth-order valence-corrected chi connectivity index (χ4v) is 4.67. The first-order valence-electron chi connectivity index (χ1n) is 11.6. The van der Waals surface area contributed by atoms with Crippen molar-refractivity contribution in [2.24, 2.45) is 0 Å². The predicted molar refractivity (Wildman–Crippen MR) is 131 cm³/mol. The molecule has 2 atom stereocenters. The number of nitrogens with zero attached hydrogens (tertiary/aromatic N) is 1. The Hall–Kier alpha value is -3.41. The Morgan fingerprint density at radius 2 is 1.52 bits per heavy atom. The van der Waals surface area contributed by atoms with Crippen LogP contribution in [0.2, 0.25) is 0 Å². The van der Waals surface area contributed by atoms with Gasteiger partial charge in [0.2, 0.25) is 5.91 Å². The second-order valence-corrected chi connectivity index (χ2v) is 8.44. The highest BCUT2D eigenvalue weighted by atomic mass is 16.5. The fourth-order valence-electron chi connectivity index (χ4n) is 4.67. The van der Waals surface area contributed by atoms with Crippen molar-refractivity contribution in [1.82, 2.24) is 15.2 Å². The van der Waals surface area contributed by atoms with Crippen molar-refractivity contribution in [2.75, 3.05) is 32.8 Å². The van der Waals surface area contributed by atoms with Gasteiger partial charge in [0.1, 0.15) is 6.04 Å². The van der Waals surface area contributed by atoms with Crippen molar-refractivity contribution < 1.29 is 9.53 Å². The Bertz CT molecular complexity index is 1180. The molecule has 33 heavy (non-hydrogen) atoms. The van der Waals surface area contributed by atoms with Crippen LogP contribution in [0, 0.1) is 0 Å². The van der Waals surface area contributed by atoms with Crippen molar-refractivity contribution >= 4 is 16.8 Å². The lowest BCUT2D eigenvalue weighted by Crippen LogP contribution is -2.47. The molecule has 2 N–H and O–H groups in total. The van der Waals surface area contributed by atoms with Crippen LogP contribution in [0.15, 0.2) is 91.1 Å². The van der Waals surface area contributed by atoms with Crippen molar-refractivity contribution in [3.63, 3.8) is 0 Å². The molecule has 5 nitrogen and oxygen atoms in total. The summed E-state index contributed by atoms with van der Waals surface area (Å²) in [6, 6.07) is 28.5. The van der Waals surface area contributed by atoms with Crippen molar-refractivity contribution in [2.45, 2.75) is 12.0 Å². The van der Waals surface area contributed by atoms with E-state index in [1.165, 1.54) is 16.5 Å². The SMILES string of the molecule is O=C([C@H](NC[C@@H](c1ccccc1)c1c[nH]c2ccccc12)c1ccccc1)N1CCOCC1. The standard InChI is InChI=1S/C28H29N3O2/c32-28(31-15-17-33-18-16-31)27(22-11-5-2-6-12-22)30-19-24(21-9-3-1-4-10-21)25-20-29-26-14-8-7-13-23(25)26/h1-14,20,24,27,29-30H,15-19H2/t24-,27+/m0/s1. The number of ether oxygens (including phenoxy) is 1. The summed E-state index contributed by atoms with van der Waals surface area (Å²) in [7, 11) is 0. The number of aromatic nitrogens is 1. The Kier molecular flexibility index (Phi) is 6.51. The molecule has 5 heteroatoms. The average molecular weight is 440 g/mol. The number of benzene rings is 3. The molecule has 0 saturated carbocycles. The van der Waals surface area contributed by atoms with Crippen LogP contribution in [0.25, 0.3) is 10.9 Å². The number of hydrogen-bond acceptors (Lipinski definition) is 3. The minimum atomic E-state index is -0.402. The van der Waals surface area contributed by atoms with E-state index in [4.69, 9.17) is 4.74 Å². The molecule has 0 bridgehead atoms. The van der Waals surface area contributed by atoms with Crippen LogP contribution in [0.5, 0.6) is 0 Å². The van der Waals surface area contributed by atoms with Crippen LogP contribution in [0.1, 0.15) is 28.7 Å². The Labute approximate surface area is 194 Å². The number of fused-ring (bicyclic) bond motifs is 1. The number of hydrogen-bond donors (Lipinski definition) is 2. The highest BCUT2D eigenvalue weighted by Gasteiger charge is 2.28. The van der Waals surface area contributed by atoms with E-state index in [9.17, 15) is 4.79 Å². The molecule has 0 radical (unpaired) electrons. The summed E-state index contributed by atoms with van der Waals surface area (Å²) in [5.41, 5.74) is 4.56. The zero-order valence-electron chi connectivity index (χ0n) is 18.6. The molecular weight excluding hydrogens is 410 g/mol. The van der Waals surface area contributed by atoms with Gasteiger partial charge in [-0.1, -0.05) is 78.9 Å². The normalized spacial score (nSPS) is 15.9. The Morgan fingerprint density at radius 1 is 0.879 bits per heavy atom. The van der Waals surface area contributed by atoms with E-state index >= 15 is 0 Å². The summed E-state index contributed by atoms with van der Waals surface area (Å²) in [5, 5.41) is 4.85. The Morgan fingerprint density at radius 3 is 2.24 bits per heavy atom. The molecule has 2 heterocycles. The van der Waals surface area contributed by atoms with E-state index in [0.29, 0.717) is 32.8 Å². The summed E-state index contributed by atoms with van der Waals surface area (Å²) in [6.45, 7) is 3.09. The van der Waals surface area contributed by atoms with Crippen molar-refractivity contribution in [3.05, 3.63) is 108 Å². The van der Waals surface area contributed by atoms with Gasteiger partial charge in [-0.15, -0.1) is 0 Å². The molecule has 168 valence electrons. The zero-order valence-corrected chi connectivity index (χ0v) is 18.6. The maximum atomic E-state index is 13.5. The van der Waals surface area contributed by atoms with Gasteiger partial charge in [0.25, 0.3) is 0 Å². The van der Waals surface area contributed by atoms with Gasteiger partial charge in [0.15, 0.2) is 0 Å². The average Bonchev–Trinajstić information content (AvgIpc) is 3.32. The third kappa shape index (κ3) is 4.70. The highest BCUT2D eigenvalue weighted by Crippen LogP contribution is 2.31. The molecule has 0 aliphatic carbocycles. The maximum absolute atomic E-state index is 13.5. The van der Waals surface area contributed by atoms with E-state index in [-0.39, 0.29) is 11.8 Å². The van der Waals surface area contributed by atoms with Crippen molar-refractivity contribution in [3.8, 4) is 0 Å². The number of rotatable bonds is 7. The number of carbonyl (C=O) groups excluding carboxylic acids is 1. The van der Waals surface area contributed by atoms with E-state index in [2.05, 4.69) is 59.0 Å². The summed E-state index contributed by atoms with van der Waals surface area (Å²) in [5.74, 6) is 0.210. The molecule has 1 amide bonds. The number of morpholine rings is 1. The minimum Gasteiger partial charge on any atom is -0.378 e. The van der Waals surface area contributed by atoms with Gasteiger partial charge < -0.3 is 19.9 Å². The first kappa shape index (κ1) is 21.4. The lowest BCUT2D eigenvalue weighted by atomic mass is 9.90. The van der Waals surface area contributed by atoms with Crippen LogP contribution in [-0.4, -0.2) is 48.6 Å². The summed E-state index contributed by atoms with van der Waals surface area (Å²) >= 11 is 0. The van der Waals surface area contributed by atoms with Gasteiger partial charge in [-0.05, 0) is 22.8 Å². The number of para-hydroxylation sites is 1. The molecule has 1 fully saturated rings. The van der Waals surface area contributed by atoms with Crippen molar-refractivity contribution in [1.29, 1.82) is 0 Å². The van der Waals surface area contributed by atoms with Crippen LogP contribution in [0.4, 0.5) is 0 Å². The number of carbonyl (C=O) groups is 1. The summed E-state index contributed by atoms with van der Waals surface area (Å²) in [4.78, 5) is 18.9. The van der Waals surface area contributed by atoms with Crippen LogP contribution in [0.3, 0.4) is 0 Å². The number of aromatic amines is 1. The van der Waals surface area contributed by atoms with Crippen LogP contribution >= 0.6 is 0 Å². The van der Waals surface area contributed by atoms with Gasteiger partial charge >= 0.3 is 0 Å². The third-order valence-corrected chi connectivity index (χ3v) is 6.43. The lowest BCUT2D eigenvalue weighted by molar-refractivity contribution is -0.137. The first-order valence-corrected chi connectivity index (χ1v) is 11.6. The van der Waals surface area contributed by atoms with Gasteiger partial charge in [-0.3, -0.25) is 4.79 Å². The zero-order chi connectivity index (χ0) is 22.5. The third-order valence-electron chi connectivity index (χ3n) is 6.43. The van der Waals surface area contributed by atoms with E-state index in [1.54, 1.807) is 0 Å². The molecule has 1 aliphatic heterocycles. The monoisotopic (exact) mass is 439 g/mol. The topological polar surface area (TPSA) is 57.4 Å². The number of amides is 1. The second-order valence-electron chi connectivity index (χ2n) is 8.44. The summed E-state index contributed by atoms with van der Waals surface area (Å²) < 4.78 is 5.46. The van der Waals surface area contributed by atoms with Gasteiger partial charge in [-0.25, -0.2) is 0 Å². The second kappa shape index (κ2) is 10.0. The molecule has 1 saturated heterocycles. The molecule has 0 unspecified atom stereocenters. The molecule has 0 spiro atoms. The largest absolute Gasteiger partial charge is 0.378 e. The smallest absolute Gasteiger partial charge is 0.244 e. The predicted octanol–water partition coefficient (Wildman–Crippen LogP) is 4.49. The minimum absolute atomic E-state index is 0.103. The van der Waals surface area contributed by atoms with E-state index in [1.807, 2.05) is 47.4 Å². The molecule has 1 aliphatic rings. The van der Waals surface area contributed by atoms with E-state index < -0.39 is 6.04 Å². The fraction of sp³-hybridized carbons (Fsp3) is 0.250. The quantitative estimate of drug-likeness (QED) is 0.446. The van der Waals surface area contributed by atoms with Crippen LogP contribution < -0.4 is 5.32 Å². The molecule has 5 rings (SSSR count). The van der Waals surface area contributed by atoms with Crippen LogP contribution in [-0.2, 0) is 9.53 Å². The first-order chi connectivity index (χ1) is 16.3. The van der Waals surface area contributed by atoms with Gasteiger partial charge in [-0.2, -0.15) is 0 Å². The molecule has 4 aromatic rings. The molecule has 3 aromatic carbocycles. The lowest BCUT2D eigenvalue weighted by Gasteiger charge is -2.32. The number of H-pyrrole nitrogens is 1. The Balaban J connectivity index is 1.46. The summed E-state index contributed by atoms with van der Waals surface area (Å²) in [6.07, 6.45) is 2.10.